The van der Waals surface area contributed by atoms with Gasteiger partial charge in [-0.1, -0.05) is 11.6 Å². The second kappa shape index (κ2) is 7.87. The molecule has 1 aromatic heterocycles. The first-order valence-corrected chi connectivity index (χ1v) is 9.01. The Morgan fingerprint density at radius 2 is 2.10 bits per heavy atom. The summed E-state index contributed by atoms with van der Waals surface area (Å²) in [7, 11) is 0. The lowest BCUT2D eigenvalue weighted by molar-refractivity contribution is -0.137. The summed E-state index contributed by atoms with van der Waals surface area (Å²) in [5.74, 6) is -1.32. The predicted molar refractivity (Wildman–Crippen MR) is 99.1 cm³/mol. The normalized spacial score (nSPS) is 16.6. The number of hydrogen-bond acceptors (Lipinski definition) is 4. The van der Waals surface area contributed by atoms with Crippen molar-refractivity contribution < 1.29 is 22.4 Å². The van der Waals surface area contributed by atoms with Gasteiger partial charge in [-0.3, -0.25) is 4.79 Å². The number of carbonyl (C=O) groups is 1. The van der Waals surface area contributed by atoms with E-state index in [0.29, 0.717) is 12.8 Å². The van der Waals surface area contributed by atoms with E-state index in [2.05, 4.69) is 10.3 Å². The lowest BCUT2D eigenvalue weighted by Gasteiger charge is -2.27. The first kappa shape index (κ1) is 20.9. The number of nitriles is 1. The van der Waals surface area contributed by atoms with E-state index in [-0.39, 0.29) is 28.8 Å². The van der Waals surface area contributed by atoms with Crippen LogP contribution in [0.3, 0.4) is 0 Å². The van der Waals surface area contributed by atoms with E-state index in [9.17, 15) is 27.6 Å². The summed E-state index contributed by atoms with van der Waals surface area (Å²) in [6.45, 7) is 1.66. The molecule has 5 nitrogen and oxygen atoms in total. The van der Waals surface area contributed by atoms with Crippen LogP contribution in [0.2, 0.25) is 5.02 Å². The number of amides is 1. The van der Waals surface area contributed by atoms with Gasteiger partial charge < -0.3 is 10.2 Å². The number of aromatic nitrogens is 1. The average Bonchev–Trinajstić information content (AvgIpc) is 3.13. The highest BCUT2D eigenvalue weighted by atomic mass is 35.5. The van der Waals surface area contributed by atoms with Gasteiger partial charge in [-0.25, -0.2) is 9.37 Å². The molecule has 1 atom stereocenters. The van der Waals surface area contributed by atoms with Crippen molar-refractivity contribution in [2.75, 3.05) is 16.8 Å². The van der Waals surface area contributed by atoms with E-state index in [1.807, 2.05) is 0 Å². The van der Waals surface area contributed by atoms with Gasteiger partial charge in [0.15, 0.2) is 0 Å². The third-order valence-corrected chi connectivity index (χ3v) is 4.85. The van der Waals surface area contributed by atoms with Gasteiger partial charge in [-0.2, -0.15) is 18.4 Å². The molecule has 0 radical (unpaired) electrons. The van der Waals surface area contributed by atoms with Crippen LogP contribution in [0.1, 0.15) is 29.7 Å². The predicted octanol–water partition coefficient (Wildman–Crippen LogP) is 4.68. The van der Waals surface area contributed by atoms with E-state index in [1.54, 1.807) is 6.07 Å². The smallest absolute Gasteiger partial charge is 0.343 e. The largest absolute Gasteiger partial charge is 0.417 e. The molecule has 3 rings (SSSR count). The Hall–Kier alpha value is -2.86. The Morgan fingerprint density at radius 3 is 2.72 bits per heavy atom. The van der Waals surface area contributed by atoms with Crippen LogP contribution in [0, 0.1) is 24.1 Å². The van der Waals surface area contributed by atoms with Gasteiger partial charge in [0.05, 0.1) is 10.6 Å². The highest BCUT2D eigenvalue weighted by Crippen LogP contribution is 2.37. The molecule has 29 heavy (non-hydrogen) atoms. The van der Waals surface area contributed by atoms with Crippen LogP contribution in [0.4, 0.5) is 29.1 Å². The molecule has 1 fully saturated rings. The average molecular weight is 427 g/mol. The van der Waals surface area contributed by atoms with Crippen molar-refractivity contribution >= 4 is 29.0 Å². The van der Waals surface area contributed by atoms with E-state index >= 15 is 0 Å². The monoisotopic (exact) mass is 426 g/mol. The van der Waals surface area contributed by atoms with E-state index in [0.717, 1.165) is 12.1 Å². The number of halogens is 5. The molecule has 0 unspecified atom stereocenters. The molecular formula is C19H15ClF4N4O. The zero-order chi connectivity index (χ0) is 21.3. The summed E-state index contributed by atoms with van der Waals surface area (Å²) in [4.78, 5) is 18.3. The molecule has 0 bridgehead atoms. The number of hydrogen-bond donors (Lipinski definition) is 1. The molecule has 0 aliphatic carbocycles. The van der Waals surface area contributed by atoms with Gasteiger partial charge in [-0.15, -0.1) is 0 Å². The second-order valence-electron chi connectivity index (χ2n) is 6.59. The molecule has 1 aliphatic rings. The van der Waals surface area contributed by atoms with Crippen LogP contribution < -0.4 is 10.2 Å². The maximum absolute atomic E-state index is 13.4. The lowest BCUT2D eigenvalue weighted by atomic mass is 10.1. The number of nitrogens with one attached hydrogen (secondary N) is 1. The lowest BCUT2D eigenvalue weighted by Crippen LogP contribution is -2.40. The molecule has 0 saturated carbocycles. The molecule has 2 aromatic rings. The van der Waals surface area contributed by atoms with Crippen LogP contribution in [0.25, 0.3) is 0 Å². The molecular weight excluding hydrogens is 412 g/mol. The number of benzene rings is 1. The quantitative estimate of drug-likeness (QED) is 0.723. The molecule has 1 aliphatic heterocycles. The Balaban J connectivity index is 1.95. The summed E-state index contributed by atoms with van der Waals surface area (Å²) in [5, 5.41) is 11.8. The van der Waals surface area contributed by atoms with Crippen molar-refractivity contribution in [1.29, 1.82) is 5.26 Å². The van der Waals surface area contributed by atoms with E-state index in [1.165, 1.54) is 24.0 Å². The molecule has 0 spiro atoms. The third-order valence-electron chi connectivity index (χ3n) is 4.56. The van der Waals surface area contributed by atoms with Crippen molar-refractivity contribution in [2.24, 2.45) is 0 Å². The number of nitrogens with zero attached hydrogens (tertiary/aromatic N) is 3. The van der Waals surface area contributed by atoms with Crippen LogP contribution >= 0.6 is 11.6 Å². The van der Waals surface area contributed by atoms with Crippen molar-refractivity contribution in [2.45, 2.75) is 32.0 Å². The minimum absolute atomic E-state index is 0.0858. The molecule has 1 aromatic carbocycles. The highest BCUT2D eigenvalue weighted by molar-refractivity contribution is 6.31. The molecule has 1 amide bonds. The zero-order valence-electron chi connectivity index (χ0n) is 15.1. The van der Waals surface area contributed by atoms with Crippen LogP contribution in [-0.4, -0.2) is 23.5 Å². The van der Waals surface area contributed by atoms with Gasteiger partial charge >= 0.3 is 6.18 Å². The number of rotatable bonds is 3. The fourth-order valence-electron chi connectivity index (χ4n) is 3.29. The van der Waals surface area contributed by atoms with Gasteiger partial charge in [0.1, 0.15) is 29.3 Å². The summed E-state index contributed by atoms with van der Waals surface area (Å²) < 4.78 is 53.4. The minimum Gasteiger partial charge on any atom is -0.343 e. The Labute approximate surface area is 168 Å². The second-order valence-corrected chi connectivity index (χ2v) is 7.00. The molecule has 2 heterocycles. The van der Waals surface area contributed by atoms with E-state index in [4.69, 9.17) is 11.6 Å². The van der Waals surface area contributed by atoms with Crippen LogP contribution in [0.15, 0.2) is 24.3 Å². The SMILES string of the molecule is Cc1cc(C(F)(F)F)c(C#N)c(N2CCC[C@H]2C(=O)Nc2ccc(F)c(Cl)c2)n1. The zero-order valence-corrected chi connectivity index (χ0v) is 15.9. The van der Waals surface area contributed by atoms with Crippen molar-refractivity contribution in [3.63, 3.8) is 0 Å². The van der Waals surface area contributed by atoms with Gasteiger partial charge in [-0.05, 0) is 44.0 Å². The summed E-state index contributed by atoms with van der Waals surface area (Å²) in [6, 6.07) is 5.22. The van der Waals surface area contributed by atoms with Gasteiger partial charge in [0.2, 0.25) is 5.91 Å². The molecule has 152 valence electrons. The fraction of sp³-hybridized carbons (Fsp3) is 0.316. The molecule has 1 saturated heterocycles. The van der Waals surface area contributed by atoms with Gasteiger partial charge in [0, 0.05) is 17.9 Å². The number of pyridine rings is 1. The molecule has 1 N–H and O–H groups in total. The van der Waals surface area contributed by atoms with Crippen molar-refractivity contribution in [1.82, 2.24) is 4.98 Å². The summed E-state index contributed by atoms with van der Waals surface area (Å²) in [6.07, 6.45) is -3.83. The maximum atomic E-state index is 13.4. The number of carbonyl (C=O) groups excluding carboxylic acids is 1. The van der Waals surface area contributed by atoms with Crippen LogP contribution in [0.5, 0.6) is 0 Å². The Morgan fingerprint density at radius 1 is 1.38 bits per heavy atom. The summed E-state index contributed by atoms with van der Waals surface area (Å²) >= 11 is 5.71. The van der Waals surface area contributed by atoms with E-state index < -0.39 is 35.1 Å². The number of alkyl halides is 3. The molecule has 10 heteroatoms. The number of aryl methyl sites for hydroxylation is 1. The fourth-order valence-corrected chi connectivity index (χ4v) is 3.47. The maximum Gasteiger partial charge on any atom is 0.417 e. The third kappa shape index (κ3) is 4.27. The van der Waals surface area contributed by atoms with Crippen molar-refractivity contribution in [3.8, 4) is 6.07 Å². The topological polar surface area (TPSA) is 69.0 Å². The highest BCUT2D eigenvalue weighted by Gasteiger charge is 2.39. The van der Waals surface area contributed by atoms with Gasteiger partial charge in [0.25, 0.3) is 0 Å². The first-order valence-electron chi connectivity index (χ1n) is 8.63. The Kier molecular flexibility index (Phi) is 5.66. The first-order chi connectivity index (χ1) is 13.6. The Bertz CT molecular complexity index is 1000. The van der Waals surface area contributed by atoms with Crippen molar-refractivity contribution in [3.05, 3.63) is 51.9 Å². The van der Waals surface area contributed by atoms with Crippen LogP contribution in [-0.2, 0) is 11.0 Å². The summed E-state index contributed by atoms with van der Waals surface area (Å²) in [5.41, 5.74) is -1.36. The minimum atomic E-state index is -4.73. The standard InChI is InChI=1S/C19H15ClF4N4O/c1-10-7-13(19(22,23)24)12(9-25)17(26-10)28-6-2-3-16(28)18(29)27-11-4-5-15(21)14(20)8-11/h4-5,7-8,16H,2-3,6H2,1H3,(H,27,29)/t16-/m0/s1. The number of anilines is 2.